The monoisotopic (exact) mass is 694 g/mol. The van der Waals surface area contributed by atoms with Crippen LogP contribution < -0.4 is 4.72 Å². The largest absolute Gasteiger partial charge is 0.392 e. The number of aromatic nitrogens is 1. The van der Waals surface area contributed by atoms with E-state index in [4.69, 9.17) is 14.5 Å². The molecule has 10 heteroatoms. The highest BCUT2D eigenvalue weighted by atomic mass is 32.2. The van der Waals surface area contributed by atoms with Gasteiger partial charge >= 0.3 is 0 Å². The van der Waals surface area contributed by atoms with Crippen LogP contribution in [0, 0.1) is 0 Å². The molecule has 2 heterocycles. The lowest BCUT2D eigenvalue weighted by Gasteiger charge is -2.36. The quantitative estimate of drug-likeness (QED) is 0.132. The first-order valence-corrected chi connectivity index (χ1v) is 18.9. The molecule has 244 valence electrons. The van der Waals surface area contributed by atoms with Gasteiger partial charge < -0.3 is 14.6 Å². The molecule has 3 atom stereocenters. The van der Waals surface area contributed by atoms with E-state index >= 15 is 0 Å². The molecule has 2 N–H and O–H groups in total. The van der Waals surface area contributed by atoms with Crippen LogP contribution in [0.4, 0.5) is 0 Å². The molecular formula is C38H34N2O5S3. The predicted octanol–water partition coefficient (Wildman–Crippen LogP) is 8.27. The molecule has 5 aromatic carbocycles. The Hall–Kier alpha value is -3.87. The Bertz CT molecular complexity index is 2050. The minimum Gasteiger partial charge on any atom is -0.392 e. The highest BCUT2D eigenvalue weighted by Crippen LogP contribution is 2.40. The summed E-state index contributed by atoms with van der Waals surface area (Å²) in [5.41, 5.74) is 6.68. The second-order valence-corrected chi connectivity index (χ2v) is 15.6. The number of aliphatic hydroxyl groups excluding tert-OH is 1. The van der Waals surface area contributed by atoms with Crippen molar-refractivity contribution in [3.8, 4) is 11.1 Å². The van der Waals surface area contributed by atoms with Gasteiger partial charge in [-0.2, -0.15) is 0 Å². The van der Waals surface area contributed by atoms with Crippen molar-refractivity contribution in [1.82, 2.24) is 9.71 Å². The third-order valence-corrected chi connectivity index (χ3v) is 12.0. The molecule has 1 aromatic heterocycles. The number of thioether (sulfide) groups is 1. The Kier molecular flexibility index (Phi) is 10.0. The number of fused-ring (bicyclic) bond motifs is 1. The Morgan fingerprint density at radius 2 is 1.54 bits per heavy atom. The van der Waals surface area contributed by atoms with Crippen LogP contribution in [-0.2, 0) is 32.6 Å². The van der Waals surface area contributed by atoms with Crippen LogP contribution in [0.5, 0.6) is 0 Å². The van der Waals surface area contributed by atoms with Crippen molar-refractivity contribution >= 4 is 43.3 Å². The van der Waals surface area contributed by atoms with Crippen molar-refractivity contribution < 1.29 is 23.0 Å². The molecule has 0 aliphatic carbocycles. The minimum absolute atomic E-state index is 0.00245. The first-order chi connectivity index (χ1) is 23.4. The van der Waals surface area contributed by atoms with Crippen molar-refractivity contribution in [1.29, 1.82) is 0 Å². The zero-order valence-corrected chi connectivity index (χ0v) is 28.4. The lowest BCUT2D eigenvalue weighted by molar-refractivity contribution is -0.245. The van der Waals surface area contributed by atoms with Gasteiger partial charge in [0.05, 0.1) is 33.9 Å². The normalized spacial score (nSPS) is 18.2. The standard InChI is InChI=1S/C38H34N2O5S3/c41-24-26-13-15-29(16-14-26)35-22-32(25-46-38-40-34-11-4-5-12-36(34)47-38)44-37(45-35)30-19-17-28(18-20-30)31-8-6-7-27(21-31)23-39-48(42,43)33-9-2-1-3-10-33/h1-21,32,35,37,39,41H,22-25H2/t32-,35+,37+/m1/s1. The molecule has 1 fully saturated rings. The number of nitrogens with one attached hydrogen (secondary N) is 1. The fraction of sp³-hybridized carbons (Fsp3) is 0.184. The maximum atomic E-state index is 12.7. The smallest absolute Gasteiger partial charge is 0.240 e. The summed E-state index contributed by atoms with van der Waals surface area (Å²) in [5.74, 6) is 0.740. The molecule has 1 aliphatic heterocycles. The van der Waals surface area contributed by atoms with Crippen LogP contribution in [0.25, 0.3) is 21.3 Å². The maximum Gasteiger partial charge on any atom is 0.240 e. The maximum absolute atomic E-state index is 12.7. The van der Waals surface area contributed by atoms with Gasteiger partial charge in [-0.15, -0.1) is 11.3 Å². The van der Waals surface area contributed by atoms with Crippen molar-refractivity contribution in [3.63, 3.8) is 0 Å². The number of rotatable bonds is 11. The van der Waals surface area contributed by atoms with Crippen LogP contribution in [0.1, 0.15) is 41.1 Å². The van der Waals surface area contributed by atoms with Gasteiger partial charge in [-0.1, -0.05) is 109 Å². The van der Waals surface area contributed by atoms with E-state index in [0.29, 0.717) is 6.42 Å². The number of sulfonamides is 1. The van der Waals surface area contributed by atoms with E-state index in [0.717, 1.165) is 49.0 Å². The Labute approximate surface area is 288 Å². The summed E-state index contributed by atoms with van der Waals surface area (Å²) in [6.45, 7) is 0.182. The highest BCUT2D eigenvalue weighted by molar-refractivity contribution is 8.01. The Morgan fingerprint density at radius 3 is 2.31 bits per heavy atom. The number of thiazole rings is 1. The molecule has 1 saturated heterocycles. The zero-order chi connectivity index (χ0) is 32.9. The molecular weight excluding hydrogens is 661 g/mol. The number of hydrogen-bond donors (Lipinski definition) is 2. The van der Waals surface area contributed by atoms with Gasteiger partial charge in [0.25, 0.3) is 0 Å². The molecule has 0 saturated carbocycles. The molecule has 48 heavy (non-hydrogen) atoms. The topological polar surface area (TPSA) is 97.8 Å². The molecule has 7 nitrogen and oxygen atoms in total. The highest BCUT2D eigenvalue weighted by Gasteiger charge is 2.32. The van der Waals surface area contributed by atoms with Crippen LogP contribution in [0.2, 0.25) is 0 Å². The fourth-order valence-corrected chi connectivity index (χ4v) is 8.81. The minimum atomic E-state index is -3.61. The average Bonchev–Trinajstić information content (AvgIpc) is 3.57. The molecule has 0 bridgehead atoms. The summed E-state index contributed by atoms with van der Waals surface area (Å²) in [7, 11) is -3.61. The number of benzene rings is 5. The van der Waals surface area contributed by atoms with Crippen molar-refractivity contribution in [2.24, 2.45) is 0 Å². The van der Waals surface area contributed by atoms with Gasteiger partial charge in [0.1, 0.15) is 0 Å². The van der Waals surface area contributed by atoms with E-state index in [1.165, 1.54) is 4.70 Å². The SMILES string of the molecule is O=S(=O)(NCc1cccc(-c2ccc([C@H]3O[C@@H](CSc4nc5ccccc5s4)C[C@@H](c4ccc(CO)cc4)O3)cc2)c1)c1ccccc1. The first-order valence-electron chi connectivity index (χ1n) is 15.7. The van der Waals surface area contributed by atoms with Crippen LogP contribution in [0.3, 0.4) is 0 Å². The number of nitrogens with zero attached hydrogens (tertiary/aromatic N) is 1. The van der Waals surface area contributed by atoms with E-state index in [-0.39, 0.29) is 30.3 Å². The number of ether oxygens (including phenoxy) is 2. The molecule has 6 aromatic rings. The van der Waals surface area contributed by atoms with Crippen molar-refractivity contribution in [3.05, 3.63) is 150 Å². The second-order valence-electron chi connectivity index (χ2n) is 11.6. The summed E-state index contributed by atoms with van der Waals surface area (Å²) in [6, 6.07) is 40.5. The lowest BCUT2D eigenvalue weighted by atomic mass is 9.99. The van der Waals surface area contributed by atoms with Gasteiger partial charge in [0, 0.05) is 24.3 Å². The summed E-state index contributed by atoms with van der Waals surface area (Å²) < 4.78 is 43.4. The molecule has 0 unspecified atom stereocenters. The third-order valence-electron chi connectivity index (χ3n) is 8.24. The van der Waals surface area contributed by atoms with Gasteiger partial charge in [-0.25, -0.2) is 18.1 Å². The number of para-hydroxylation sites is 1. The average molecular weight is 695 g/mol. The van der Waals surface area contributed by atoms with E-state index in [9.17, 15) is 13.5 Å². The van der Waals surface area contributed by atoms with Gasteiger partial charge in [-0.3, -0.25) is 0 Å². The lowest BCUT2D eigenvalue weighted by Crippen LogP contribution is -2.31. The van der Waals surface area contributed by atoms with Crippen LogP contribution >= 0.6 is 23.1 Å². The summed E-state index contributed by atoms with van der Waals surface area (Å²) in [4.78, 5) is 5.03. The summed E-state index contributed by atoms with van der Waals surface area (Å²) in [6.07, 6.45) is -0.103. The molecule has 0 amide bonds. The van der Waals surface area contributed by atoms with Crippen LogP contribution in [-0.4, -0.2) is 30.4 Å². The van der Waals surface area contributed by atoms with Crippen LogP contribution in [0.15, 0.2) is 137 Å². The predicted molar refractivity (Wildman–Crippen MR) is 191 cm³/mol. The van der Waals surface area contributed by atoms with Gasteiger partial charge in [0.15, 0.2) is 10.6 Å². The third kappa shape index (κ3) is 7.71. The van der Waals surface area contributed by atoms with Gasteiger partial charge in [-0.05, 0) is 58.1 Å². The Morgan fingerprint density at radius 1 is 0.792 bits per heavy atom. The molecule has 0 radical (unpaired) electrons. The van der Waals surface area contributed by atoms with Gasteiger partial charge in [0.2, 0.25) is 10.0 Å². The van der Waals surface area contributed by atoms with E-state index in [1.54, 1.807) is 53.4 Å². The summed E-state index contributed by atoms with van der Waals surface area (Å²) >= 11 is 3.40. The summed E-state index contributed by atoms with van der Waals surface area (Å²) in [5, 5.41) is 9.54. The van der Waals surface area contributed by atoms with E-state index < -0.39 is 16.3 Å². The van der Waals surface area contributed by atoms with Crippen molar-refractivity contribution in [2.45, 2.75) is 47.3 Å². The Balaban J connectivity index is 1.06. The van der Waals surface area contributed by atoms with E-state index in [1.807, 2.05) is 91.0 Å². The second kappa shape index (κ2) is 14.7. The van der Waals surface area contributed by atoms with E-state index in [2.05, 4.69) is 10.8 Å². The first kappa shape index (κ1) is 32.7. The van der Waals surface area contributed by atoms with Crippen molar-refractivity contribution in [2.75, 3.05) is 5.75 Å². The fourth-order valence-electron chi connectivity index (χ4n) is 5.65. The molecule has 0 spiro atoms. The molecule has 7 rings (SSSR count). The number of hydrogen-bond acceptors (Lipinski definition) is 8. The zero-order valence-electron chi connectivity index (χ0n) is 25.9. The molecule has 1 aliphatic rings. The number of aliphatic hydroxyl groups is 1.